The Hall–Kier alpha value is -0.480. The molecule has 98 valence electrons. The fourth-order valence-corrected chi connectivity index (χ4v) is 3.61. The van der Waals surface area contributed by atoms with E-state index in [1.54, 1.807) is 0 Å². The number of halogens is 1. The van der Waals surface area contributed by atoms with Gasteiger partial charge in [0.05, 0.1) is 0 Å². The summed E-state index contributed by atoms with van der Waals surface area (Å²) in [6.07, 6.45) is 2.45. The number of nitrogens with one attached hydrogen (secondary N) is 1. The molecule has 1 amide bonds. The molecule has 4 heteroatoms. The van der Waals surface area contributed by atoms with Crippen molar-refractivity contribution < 1.29 is 4.79 Å². The number of carbonyl (C=O) groups is 1. The molecule has 1 saturated heterocycles. The Morgan fingerprint density at radius 1 is 1.44 bits per heavy atom. The van der Waals surface area contributed by atoms with Gasteiger partial charge in [0.2, 0.25) is 0 Å². The van der Waals surface area contributed by atoms with Crippen LogP contribution in [-0.2, 0) is 0 Å². The highest BCUT2D eigenvalue weighted by Crippen LogP contribution is 2.22. The molecule has 0 unspecified atom stereocenters. The summed E-state index contributed by atoms with van der Waals surface area (Å²) < 4.78 is 0.990. The minimum Gasteiger partial charge on any atom is -0.352 e. The molecule has 1 heterocycles. The molecule has 2 rings (SSSR count). The molecule has 0 spiro atoms. The summed E-state index contributed by atoms with van der Waals surface area (Å²) >= 11 is 5.47. The normalized spacial score (nSPS) is 16.6. The average molecular weight is 328 g/mol. The molecule has 18 heavy (non-hydrogen) atoms. The van der Waals surface area contributed by atoms with Gasteiger partial charge in [-0.05, 0) is 54.9 Å². The van der Waals surface area contributed by atoms with E-state index in [1.165, 1.54) is 24.3 Å². The second-order valence-corrected chi connectivity index (χ2v) is 6.81. The zero-order valence-corrected chi connectivity index (χ0v) is 12.9. The van der Waals surface area contributed by atoms with Crippen molar-refractivity contribution in [3.8, 4) is 0 Å². The van der Waals surface area contributed by atoms with Crippen molar-refractivity contribution in [1.82, 2.24) is 5.32 Å². The third-order valence-corrected chi connectivity index (χ3v) is 5.23. The van der Waals surface area contributed by atoms with Crippen LogP contribution < -0.4 is 5.32 Å². The maximum absolute atomic E-state index is 12.0. The van der Waals surface area contributed by atoms with Crippen molar-refractivity contribution in [1.29, 1.82) is 0 Å². The van der Waals surface area contributed by atoms with Gasteiger partial charge in [0, 0.05) is 16.6 Å². The Labute approximate surface area is 121 Å². The third kappa shape index (κ3) is 3.75. The average Bonchev–Trinajstić information content (AvgIpc) is 2.40. The van der Waals surface area contributed by atoms with Crippen LogP contribution in [0.25, 0.3) is 0 Å². The molecule has 0 aliphatic carbocycles. The molecule has 1 aromatic rings. The minimum atomic E-state index is 0.0360. The van der Waals surface area contributed by atoms with Crippen molar-refractivity contribution >= 4 is 33.6 Å². The van der Waals surface area contributed by atoms with Gasteiger partial charge in [-0.3, -0.25) is 4.79 Å². The summed E-state index contributed by atoms with van der Waals surface area (Å²) in [5, 5.41) is 3.05. The maximum Gasteiger partial charge on any atom is 0.251 e. The van der Waals surface area contributed by atoms with Crippen LogP contribution in [0, 0.1) is 12.8 Å². The van der Waals surface area contributed by atoms with Crippen LogP contribution in [0.3, 0.4) is 0 Å². The largest absolute Gasteiger partial charge is 0.352 e. The fraction of sp³-hybridized carbons (Fsp3) is 0.500. The van der Waals surface area contributed by atoms with Gasteiger partial charge in [0.25, 0.3) is 5.91 Å². The van der Waals surface area contributed by atoms with E-state index in [0.717, 1.165) is 22.1 Å². The van der Waals surface area contributed by atoms with Crippen LogP contribution >= 0.6 is 27.7 Å². The summed E-state index contributed by atoms with van der Waals surface area (Å²) in [7, 11) is 0. The summed E-state index contributed by atoms with van der Waals surface area (Å²) in [6, 6.07) is 5.74. The van der Waals surface area contributed by atoms with Crippen LogP contribution in [0.2, 0.25) is 0 Å². The van der Waals surface area contributed by atoms with Gasteiger partial charge in [-0.1, -0.05) is 22.0 Å². The number of benzene rings is 1. The SMILES string of the molecule is Cc1ccc(C(=O)NCC2CCSCC2)cc1Br. The molecule has 1 aliphatic heterocycles. The number of thioether (sulfide) groups is 1. The zero-order chi connectivity index (χ0) is 13.0. The topological polar surface area (TPSA) is 29.1 Å². The highest BCUT2D eigenvalue weighted by molar-refractivity contribution is 9.10. The summed E-state index contributed by atoms with van der Waals surface area (Å²) in [6.45, 7) is 2.83. The quantitative estimate of drug-likeness (QED) is 0.918. The molecule has 0 saturated carbocycles. The molecule has 0 atom stereocenters. The van der Waals surface area contributed by atoms with Crippen molar-refractivity contribution in [2.24, 2.45) is 5.92 Å². The summed E-state index contributed by atoms with van der Waals surface area (Å²) in [5.41, 5.74) is 1.88. The monoisotopic (exact) mass is 327 g/mol. The first kappa shape index (κ1) is 13.9. The molecular formula is C14H18BrNOS. The second kappa shape index (κ2) is 6.62. The van der Waals surface area contributed by atoms with Gasteiger partial charge in [-0.15, -0.1) is 0 Å². The lowest BCUT2D eigenvalue weighted by Gasteiger charge is -2.21. The molecule has 1 aromatic carbocycles. The second-order valence-electron chi connectivity index (χ2n) is 4.73. The van der Waals surface area contributed by atoms with E-state index in [4.69, 9.17) is 0 Å². The molecule has 1 fully saturated rings. The van der Waals surface area contributed by atoms with Gasteiger partial charge in [-0.25, -0.2) is 0 Å². The highest BCUT2D eigenvalue weighted by atomic mass is 79.9. The van der Waals surface area contributed by atoms with Gasteiger partial charge in [0.15, 0.2) is 0 Å². The Bertz CT molecular complexity index is 430. The molecule has 1 N–H and O–H groups in total. The van der Waals surface area contributed by atoms with Gasteiger partial charge < -0.3 is 5.32 Å². The van der Waals surface area contributed by atoms with Crippen LogP contribution in [0.4, 0.5) is 0 Å². The lowest BCUT2D eigenvalue weighted by atomic mass is 10.0. The fourth-order valence-electron chi connectivity index (χ4n) is 2.02. The van der Waals surface area contributed by atoms with Crippen molar-refractivity contribution in [2.45, 2.75) is 19.8 Å². The van der Waals surface area contributed by atoms with Crippen molar-refractivity contribution in [3.63, 3.8) is 0 Å². The van der Waals surface area contributed by atoms with Gasteiger partial charge in [0.1, 0.15) is 0 Å². The summed E-state index contributed by atoms with van der Waals surface area (Å²) in [4.78, 5) is 12.0. The lowest BCUT2D eigenvalue weighted by Crippen LogP contribution is -2.30. The van der Waals surface area contributed by atoms with E-state index < -0.39 is 0 Å². The number of amides is 1. The number of carbonyl (C=O) groups excluding carboxylic acids is 1. The van der Waals surface area contributed by atoms with E-state index in [-0.39, 0.29) is 5.91 Å². The Morgan fingerprint density at radius 3 is 2.83 bits per heavy atom. The third-order valence-electron chi connectivity index (χ3n) is 3.33. The van der Waals surface area contributed by atoms with E-state index >= 15 is 0 Å². The first-order valence-electron chi connectivity index (χ1n) is 6.29. The van der Waals surface area contributed by atoms with Crippen LogP contribution in [0.5, 0.6) is 0 Å². The van der Waals surface area contributed by atoms with Crippen LogP contribution in [0.15, 0.2) is 22.7 Å². The molecule has 2 nitrogen and oxygen atoms in total. The number of aryl methyl sites for hydroxylation is 1. The molecular weight excluding hydrogens is 310 g/mol. The Morgan fingerprint density at radius 2 is 2.17 bits per heavy atom. The number of rotatable bonds is 3. The predicted octanol–water partition coefficient (Wildman–Crippen LogP) is 3.63. The zero-order valence-electron chi connectivity index (χ0n) is 10.5. The van der Waals surface area contributed by atoms with Crippen molar-refractivity contribution in [2.75, 3.05) is 18.1 Å². The van der Waals surface area contributed by atoms with E-state index in [1.807, 2.05) is 36.9 Å². The van der Waals surface area contributed by atoms with Gasteiger partial charge in [-0.2, -0.15) is 11.8 Å². The lowest BCUT2D eigenvalue weighted by molar-refractivity contribution is 0.0946. The molecule has 1 aliphatic rings. The molecule has 0 aromatic heterocycles. The van der Waals surface area contributed by atoms with Crippen molar-refractivity contribution in [3.05, 3.63) is 33.8 Å². The first-order valence-corrected chi connectivity index (χ1v) is 8.23. The maximum atomic E-state index is 12.0. The van der Waals surface area contributed by atoms with E-state index in [9.17, 15) is 4.79 Å². The standard InChI is InChI=1S/C14H18BrNOS/c1-10-2-3-12(8-13(10)15)14(17)16-9-11-4-6-18-7-5-11/h2-3,8,11H,4-7,9H2,1H3,(H,16,17). The van der Waals surface area contributed by atoms with E-state index in [0.29, 0.717) is 5.92 Å². The minimum absolute atomic E-state index is 0.0360. The first-order chi connectivity index (χ1) is 8.66. The Balaban J connectivity index is 1.88. The van der Waals surface area contributed by atoms with E-state index in [2.05, 4.69) is 21.2 Å². The number of hydrogen-bond acceptors (Lipinski definition) is 2. The van der Waals surface area contributed by atoms with Crippen LogP contribution in [0.1, 0.15) is 28.8 Å². The van der Waals surface area contributed by atoms with Gasteiger partial charge >= 0.3 is 0 Å². The van der Waals surface area contributed by atoms with Crippen LogP contribution in [-0.4, -0.2) is 24.0 Å². The smallest absolute Gasteiger partial charge is 0.251 e. The highest BCUT2D eigenvalue weighted by Gasteiger charge is 2.15. The Kier molecular flexibility index (Phi) is 5.13. The predicted molar refractivity (Wildman–Crippen MR) is 81.3 cm³/mol. The molecule has 0 radical (unpaired) electrons. The molecule has 0 bridgehead atoms. The summed E-state index contributed by atoms with van der Waals surface area (Å²) in [5.74, 6) is 3.16. The number of hydrogen-bond donors (Lipinski definition) is 1.